The SMILES string of the molecule is CCOC(=O)C1=C(C)NC(=S)N(C(=O)/C(C)=C/c2cccc(OCC)c2)C1c1ccccc1OC(C)C. The molecule has 1 N–H and O–H groups in total. The second-order valence-corrected chi connectivity index (χ2v) is 9.19. The number of hydrogen-bond acceptors (Lipinski definition) is 6. The van der Waals surface area contributed by atoms with Crippen molar-refractivity contribution in [2.45, 2.75) is 53.7 Å². The van der Waals surface area contributed by atoms with Crippen molar-refractivity contribution >= 4 is 35.3 Å². The molecule has 0 saturated heterocycles. The van der Waals surface area contributed by atoms with Gasteiger partial charge in [0.15, 0.2) is 5.11 Å². The summed E-state index contributed by atoms with van der Waals surface area (Å²) in [5.74, 6) is 0.402. The van der Waals surface area contributed by atoms with Gasteiger partial charge in [0, 0.05) is 16.8 Å². The van der Waals surface area contributed by atoms with Crippen LogP contribution in [-0.2, 0) is 14.3 Å². The fraction of sp³-hybridized carbons (Fsp3) is 0.345. The van der Waals surface area contributed by atoms with Crippen molar-refractivity contribution < 1.29 is 23.8 Å². The molecule has 8 heteroatoms. The van der Waals surface area contributed by atoms with Crippen LogP contribution in [0.15, 0.2) is 65.4 Å². The van der Waals surface area contributed by atoms with Gasteiger partial charge in [-0.05, 0) is 83.6 Å². The summed E-state index contributed by atoms with van der Waals surface area (Å²) in [4.78, 5) is 28.6. The number of para-hydroxylation sites is 1. The molecule has 0 aromatic heterocycles. The number of esters is 1. The van der Waals surface area contributed by atoms with E-state index in [9.17, 15) is 9.59 Å². The monoisotopic (exact) mass is 522 g/mol. The van der Waals surface area contributed by atoms with Crippen LogP contribution in [0.5, 0.6) is 11.5 Å². The summed E-state index contributed by atoms with van der Waals surface area (Å²) in [5.41, 5.74) is 2.72. The quantitative estimate of drug-likeness (QED) is 0.262. The largest absolute Gasteiger partial charge is 0.494 e. The maximum absolute atomic E-state index is 14.0. The Morgan fingerprint density at radius 3 is 2.51 bits per heavy atom. The molecule has 0 saturated carbocycles. The normalized spacial score (nSPS) is 16.0. The smallest absolute Gasteiger partial charge is 0.338 e. The van der Waals surface area contributed by atoms with E-state index in [1.807, 2.05) is 69.3 Å². The third kappa shape index (κ3) is 6.57. The number of amides is 1. The van der Waals surface area contributed by atoms with E-state index in [-0.39, 0.29) is 23.7 Å². The maximum atomic E-state index is 14.0. The minimum Gasteiger partial charge on any atom is -0.494 e. The summed E-state index contributed by atoms with van der Waals surface area (Å²) < 4.78 is 17.1. The van der Waals surface area contributed by atoms with Gasteiger partial charge in [0.25, 0.3) is 5.91 Å². The summed E-state index contributed by atoms with van der Waals surface area (Å²) in [6.45, 7) is 11.7. The molecule has 1 aliphatic rings. The number of carbonyl (C=O) groups is 2. The van der Waals surface area contributed by atoms with Gasteiger partial charge in [0.05, 0.1) is 24.9 Å². The van der Waals surface area contributed by atoms with E-state index in [1.165, 1.54) is 4.90 Å². The van der Waals surface area contributed by atoms with Crippen LogP contribution < -0.4 is 14.8 Å². The number of allylic oxidation sites excluding steroid dienone is 1. The number of hydrogen-bond donors (Lipinski definition) is 1. The van der Waals surface area contributed by atoms with Crippen LogP contribution in [-0.4, -0.2) is 41.2 Å². The number of carbonyl (C=O) groups excluding carboxylic acids is 2. The summed E-state index contributed by atoms with van der Waals surface area (Å²) in [7, 11) is 0. The van der Waals surface area contributed by atoms with E-state index in [0.717, 1.165) is 5.56 Å². The first-order chi connectivity index (χ1) is 17.7. The molecule has 1 atom stereocenters. The Kier molecular flexibility index (Phi) is 9.47. The van der Waals surface area contributed by atoms with E-state index in [4.69, 9.17) is 26.4 Å². The lowest BCUT2D eigenvalue weighted by atomic mass is 9.92. The number of benzene rings is 2. The third-order valence-electron chi connectivity index (χ3n) is 5.63. The van der Waals surface area contributed by atoms with Crippen LogP contribution in [0.1, 0.15) is 58.7 Å². The number of ether oxygens (including phenoxy) is 3. The molecule has 37 heavy (non-hydrogen) atoms. The zero-order valence-electron chi connectivity index (χ0n) is 22.2. The molecule has 7 nitrogen and oxygen atoms in total. The summed E-state index contributed by atoms with van der Waals surface area (Å²) in [5, 5.41) is 3.22. The van der Waals surface area contributed by atoms with Crippen molar-refractivity contribution in [3.05, 3.63) is 76.5 Å². The molecule has 0 spiro atoms. The van der Waals surface area contributed by atoms with Gasteiger partial charge < -0.3 is 19.5 Å². The van der Waals surface area contributed by atoms with Crippen molar-refractivity contribution in [2.75, 3.05) is 13.2 Å². The highest BCUT2D eigenvalue weighted by molar-refractivity contribution is 7.80. The lowest BCUT2D eigenvalue weighted by molar-refractivity contribution is -0.139. The van der Waals surface area contributed by atoms with Gasteiger partial charge in [-0.1, -0.05) is 30.3 Å². The average molecular weight is 523 g/mol. The molecular formula is C29H34N2O5S. The zero-order chi connectivity index (χ0) is 27.1. The van der Waals surface area contributed by atoms with Crippen LogP contribution in [0.2, 0.25) is 0 Å². The molecule has 0 fully saturated rings. The summed E-state index contributed by atoms with van der Waals surface area (Å²) in [6.07, 6.45) is 1.66. The minimum absolute atomic E-state index is 0.116. The molecule has 3 rings (SSSR count). The molecular weight excluding hydrogens is 488 g/mol. The van der Waals surface area contributed by atoms with E-state index in [0.29, 0.717) is 40.5 Å². The highest BCUT2D eigenvalue weighted by Crippen LogP contribution is 2.40. The fourth-order valence-electron chi connectivity index (χ4n) is 4.15. The summed E-state index contributed by atoms with van der Waals surface area (Å²) >= 11 is 5.65. The fourth-order valence-corrected chi connectivity index (χ4v) is 4.49. The molecule has 1 unspecified atom stereocenters. The van der Waals surface area contributed by atoms with Crippen molar-refractivity contribution in [3.8, 4) is 11.5 Å². The standard InChI is InChI=1S/C29H34N2O5S/c1-7-34-22-13-11-12-21(17-22)16-19(5)27(32)31-26(23-14-9-10-15-24(23)36-18(3)4)25(28(33)35-8-2)20(6)30-29(31)37/h9-18,26H,7-8H2,1-6H3,(H,30,37)/b19-16+. The first-order valence-corrected chi connectivity index (χ1v) is 12.8. The molecule has 1 heterocycles. The molecule has 1 amide bonds. The van der Waals surface area contributed by atoms with Gasteiger partial charge in [-0.25, -0.2) is 4.79 Å². The Morgan fingerprint density at radius 1 is 1.11 bits per heavy atom. The van der Waals surface area contributed by atoms with E-state index >= 15 is 0 Å². The van der Waals surface area contributed by atoms with Gasteiger partial charge >= 0.3 is 5.97 Å². The number of nitrogens with one attached hydrogen (secondary N) is 1. The Bertz CT molecular complexity index is 1230. The molecule has 2 aromatic carbocycles. The predicted molar refractivity (Wildman–Crippen MR) is 148 cm³/mol. The van der Waals surface area contributed by atoms with Gasteiger partial charge in [-0.3, -0.25) is 9.69 Å². The Balaban J connectivity index is 2.14. The van der Waals surface area contributed by atoms with Crippen molar-refractivity contribution in [1.29, 1.82) is 0 Å². The molecule has 0 aliphatic carbocycles. The lowest BCUT2D eigenvalue weighted by Gasteiger charge is -2.39. The zero-order valence-corrected chi connectivity index (χ0v) is 23.0. The first-order valence-electron chi connectivity index (χ1n) is 12.4. The van der Waals surface area contributed by atoms with Crippen molar-refractivity contribution in [1.82, 2.24) is 10.2 Å². The van der Waals surface area contributed by atoms with Gasteiger partial charge in [0.1, 0.15) is 17.5 Å². The van der Waals surface area contributed by atoms with Gasteiger partial charge in [-0.2, -0.15) is 0 Å². The Labute approximate surface area is 224 Å². The topological polar surface area (TPSA) is 77.1 Å². The lowest BCUT2D eigenvalue weighted by Crippen LogP contribution is -2.51. The molecule has 1 aliphatic heterocycles. The Morgan fingerprint density at radius 2 is 1.84 bits per heavy atom. The van der Waals surface area contributed by atoms with E-state index in [1.54, 1.807) is 26.8 Å². The highest BCUT2D eigenvalue weighted by Gasteiger charge is 2.41. The number of nitrogens with zero attached hydrogens (tertiary/aromatic N) is 1. The molecule has 0 bridgehead atoms. The predicted octanol–water partition coefficient (Wildman–Crippen LogP) is 5.57. The van der Waals surface area contributed by atoms with Crippen LogP contribution in [0.4, 0.5) is 0 Å². The molecule has 0 radical (unpaired) electrons. The second-order valence-electron chi connectivity index (χ2n) is 8.80. The number of rotatable bonds is 9. The van der Waals surface area contributed by atoms with Crippen LogP contribution in [0.3, 0.4) is 0 Å². The van der Waals surface area contributed by atoms with E-state index in [2.05, 4.69) is 5.32 Å². The van der Waals surface area contributed by atoms with Crippen molar-refractivity contribution in [2.24, 2.45) is 0 Å². The first kappa shape index (κ1) is 27.9. The van der Waals surface area contributed by atoms with Gasteiger partial charge in [0.2, 0.25) is 0 Å². The molecule has 2 aromatic rings. The average Bonchev–Trinajstić information content (AvgIpc) is 2.84. The van der Waals surface area contributed by atoms with Crippen molar-refractivity contribution in [3.63, 3.8) is 0 Å². The van der Waals surface area contributed by atoms with Crippen LogP contribution >= 0.6 is 12.2 Å². The Hall–Kier alpha value is -3.65. The highest BCUT2D eigenvalue weighted by atomic mass is 32.1. The second kappa shape index (κ2) is 12.5. The van der Waals surface area contributed by atoms with Gasteiger partial charge in [-0.15, -0.1) is 0 Å². The van der Waals surface area contributed by atoms with Crippen LogP contribution in [0.25, 0.3) is 6.08 Å². The maximum Gasteiger partial charge on any atom is 0.338 e. The third-order valence-corrected chi connectivity index (χ3v) is 5.93. The summed E-state index contributed by atoms with van der Waals surface area (Å²) in [6, 6.07) is 14.0. The molecule has 196 valence electrons. The minimum atomic E-state index is -0.839. The van der Waals surface area contributed by atoms with E-state index < -0.39 is 12.0 Å². The number of thiocarbonyl (C=S) groups is 1. The van der Waals surface area contributed by atoms with Crippen LogP contribution in [0, 0.1) is 0 Å².